The Kier molecular flexibility index (Phi) is 7.15. The van der Waals surface area contributed by atoms with Crippen molar-refractivity contribution in [3.63, 3.8) is 0 Å². The van der Waals surface area contributed by atoms with Gasteiger partial charge in [-0.2, -0.15) is 0 Å². The third kappa shape index (κ3) is 6.32. The van der Waals surface area contributed by atoms with E-state index in [1.54, 1.807) is 12.1 Å². The standard InChI is InChI=1S/C20H24O4/c1-2-3-10-23-18-12-17(14-20(21)22)13-19(15-18)24-11-9-16-7-5-4-6-8-16/h4-8,12-13,15H,2-3,9-11,14H2,1H3,(H,21,22). The smallest absolute Gasteiger partial charge is 0.307 e. The first kappa shape index (κ1) is 17.9. The maximum absolute atomic E-state index is 11.0. The zero-order valence-electron chi connectivity index (χ0n) is 14.0. The van der Waals surface area contributed by atoms with Gasteiger partial charge >= 0.3 is 5.97 Å². The highest BCUT2D eigenvalue weighted by Crippen LogP contribution is 2.24. The lowest BCUT2D eigenvalue weighted by atomic mass is 10.1. The molecule has 1 N–H and O–H groups in total. The minimum absolute atomic E-state index is 0.0416. The molecular weight excluding hydrogens is 304 g/mol. The lowest BCUT2D eigenvalue weighted by molar-refractivity contribution is -0.136. The molecule has 0 fully saturated rings. The van der Waals surface area contributed by atoms with Crippen LogP contribution >= 0.6 is 0 Å². The van der Waals surface area contributed by atoms with Crippen LogP contribution in [0.1, 0.15) is 30.9 Å². The Balaban J connectivity index is 2.00. The van der Waals surface area contributed by atoms with Crippen LogP contribution in [0.4, 0.5) is 0 Å². The zero-order chi connectivity index (χ0) is 17.2. The van der Waals surface area contributed by atoms with E-state index >= 15 is 0 Å². The summed E-state index contributed by atoms with van der Waals surface area (Å²) in [5, 5.41) is 9.01. The number of ether oxygens (including phenoxy) is 2. The number of carbonyl (C=O) groups is 1. The van der Waals surface area contributed by atoms with Crippen molar-refractivity contribution in [3.8, 4) is 11.5 Å². The molecule has 0 aromatic heterocycles. The van der Waals surface area contributed by atoms with Crippen molar-refractivity contribution in [2.24, 2.45) is 0 Å². The van der Waals surface area contributed by atoms with Gasteiger partial charge in [0.15, 0.2) is 0 Å². The summed E-state index contributed by atoms with van der Waals surface area (Å²) in [4.78, 5) is 11.0. The van der Waals surface area contributed by atoms with E-state index < -0.39 is 5.97 Å². The first-order chi connectivity index (χ1) is 11.7. The van der Waals surface area contributed by atoms with Crippen LogP contribution in [0.25, 0.3) is 0 Å². The Bertz CT molecular complexity index is 637. The molecule has 4 heteroatoms. The summed E-state index contributed by atoms with van der Waals surface area (Å²) < 4.78 is 11.5. The van der Waals surface area contributed by atoms with Crippen LogP contribution in [0.2, 0.25) is 0 Å². The number of aliphatic carboxylic acids is 1. The van der Waals surface area contributed by atoms with Gasteiger partial charge in [-0.3, -0.25) is 4.79 Å². The van der Waals surface area contributed by atoms with Crippen LogP contribution in [0, 0.1) is 0 Å². The molecule has 0 radical (unpaired) electrons. The third-order valence-corrected chi connectivity index (χ3v) is 3.56. The minimum Gasteiger partial charge on any atom is -0.493 e. The van der Waals surface area contributed by atoms with E-state index in [1.807, 2.05) is 24.3 Å². The number of rotatable bonds is 10. The van der Waals surface area contributed by atoms with Gasteiger partial charge in [0.1, 0.15) is 11.5 Å². The first-order valence-corrected chi connectivity index (χ1v) is 8.32. The summed E-state index contributed by atoms with van der Waals surface area (Å²) in [6, 6.07) is 15.5. The van der Waals surface area contributed by atoms with Crippen LogP contribution in [-0.4, -0.2) is 24.3 Å². The summed E-state index contributed by atoms with van der Waals surface area (Å²) >= 11 is 0. The van der Waals surface area contributed by atoms with E-state index in [-0.39, 0.29) is 6.42 Å². The molecule has 2 aromatic rings. The summed E-state index contributed by atoms with van der Waals surface area (Å²) in [5.74, 6) is 0.448. The largest absolute Gasteiger partial charge is 0.493 e. The lowest BCUT2D eigenvalue weighted by Crippen LogP contribution is -2.05. The Hall–Kier alpha value is -2.49. The predicted molar refractivity (Wildman–Crippen MR) is 93.8 cm³/mol. The molecule has 0 heterocycles. The monoisotopic (exact) mass is 328 g/mol. The quantitative estimate of drug-likeness (QED) is 0.667. The van der Waals surface area contributed by atoms with Gasteiger partial charge < -0.3 is 14.6 Å². The maximum Gasteiger partial charge on any atom is 0.307 e. The highest BCUT2D eigenvalue weighted by molar-refractivity contribution is 5.70. The Morgan fingerprint density at radius 2 is 1.62 bits per heavy atom. The second kappa shape index (κ2) is 9.60. The number of hydrogen-bond acceptors (Lipinski definition) is 3. The van der Waals surface area contributed by atoms with Crippen molar-refractivity contribution in [1.29, 1.82) is 0 Å². The number of benzene rings is 2. The van der Waals surface area contributed by atoms with Gasteiger partial charge in [0.25, 0.3) is 0 Å². The summed E-state index contributed by atoms with van der Waals surface area (Å²) in [7, 11) is 0. The average Bonchev–Trinajstić information content (AvgIpc) is 2.55. The van der Waals surface area contributed by atoms with Gasteiger partial charge in [0.05, 0.1) is 19.6 Å². The van der Waals surface area contributed by atoms with Gasteiger partial charge in [-0.15, -0.1) is 0 Å². The fraction of sp³-hybridized carbons (Fsp3) is 0.350. The topological polar surface area (TPSA) is 55.8 Å². The molecule has 0 amide bonds. The van der Waals surface area contributed by atoms with Crippen molar-refractivity contribution >= 4 is 5.97 Å². The van der Waals surface area contributed by atoms with Crippen LogP contribution in [0.5, 0.6) is 11.5 Å². The minimum atomic E-state index is -0.865. The first-order valence-electron chi connectivity index (χ1n) is 8.32. The molecule has 0 atom stereocenters. The zero-order valence-corrected chi connectivity index (χ0v) is 14.0. The second-order valence-corrected chi connectivity index (χ2v) is 5.67. The normalized spacial score (nSPS) is 10.4. The van der Waals surface area contributed by atoms with E-state index in [0.29, 0.717) is 30.3 Å². The van der Waals surface area contributed by atoms with E-state index in [0.717, 1.165) is 19.3 Å². The van der Waals surface area contributed by atoms with Crippen molar-refractivity contribution in [2.75, 3.05) is 13.2 Å². The Morgan fingerprint density at radius 3 is 2.25 bits per heavy atom. The predicted octanol–water partition coefficient (Wildman–Crippen LogP) is 4.11. The molecular formula is C20H24O4. The van der Waals surface area contributed by atoms with Crippen molar-refractivity contribution < 1.29 is 19.4 Å². The molecule has 0 aliphatic rings. The molecule has 2 aromatic carbocycles. The molecule has 0 bridgehead atoms. The van der Waals surface area contributed by atoms with Crippen LogP contribution in [0.15, 0.2) is 48.5 Å². The Morgan fingerprint density at radius 1 is 0.958 bits per heavy atom. The molecule has 2 rings (SSSR count). The molecule has 0 spiro atoms. The lowest BCUT2D eigenvalue weighted by Gasteiger charge is -2.12. The van der Waals surface area contributed by atoms with Crippen LogP contribution in [0.3, 0.4) is 0 Å². The molecule has 0 unspecified atom stereocenters. The van der Waals surface area contributed by atoms with E-state index in [9.17, 15) is 4.79 Å². The van der Waals surface area contributed by atoms with Crippen molar-refractivity contribution in [1.82, 2.24) is 0 Å². The molecule has 0 aliphatic heterocycles. The van der Waals surface area contributed by atoms with E-state index in [4.69, 9.17) is 14.6 Å². The SMILES string of the molecule is CCCCOc1cc(CC(=O)O)cc(OCCc2ccccc2)c1. The number of carboxylic acids is 1. The highest BCUT2D eigenvalue weighted by atomic mass is 16.5. The molecule has 0 saturated heterocycles. The number of unbranched alkanes of at least 4 members (excludes halogenated alkanes) is 1. The van der Waals surface area contributed by atoms with Crippen LogP contribution < -0.4 is 9.47 Å². The Labute approximate surface area is 143 Å². The molecule has 0 saturated carbocycles. The fourth-order valence-electron chi connectivity index (χ4n) is 2.34. The van der Waals surface area contributed by atoms with Crippen LogP contribution in [-0.2, 0) is 17.6 Å². The number of hydrogen-bond donors (Lipinski definition) is 1. The van der Waals surface area contributed by atoms with Gasteiger partial charge in [-0.1, -0.05) is 43.7 Å². The molecule has 4 nitrogen and oxygen atoms in total. The highest BCUT2D eigenvalue weighted by Gasteiger charge is 2.07. The van der Waals surface area contributed by atoms with E-state index in [1.165, 1.54) is 5.56 Å². The average molecular weight is 328 g/mol. The molecule has 0 aliphatic carbocycles. The molecule has 128 valence electrons. The third-order valence-electron chi connectivity index (χ3n) is 3.56. The second-order valence-electron chi connectivity index (χ2n) is 5.67. The van der Waals surface area contributed by atoms with E-state index in [2.05, 4.69) is 19.1 Å². The molecule has 24 heavy (non-hydrogen) atoms. The van der Waals surface area contributed by atoms with Crippen molar-refractivity contribution in [3.05, 3.63) is 59.7 Å². The maximum atomic E-state index is 11.0. The fourth-order valence-corrected chi connectivity index (χ4v) is 2.34. The van der Waals surface area contributed by atoms with Gasteiger partial charge in [0.2, 0.25) is 0 Å². The summed E-state index contributed by atoms with van der Waals surface area (Å²) in [6.07, 6.45) is 2.78. The summed E-state index contributed by atoms with van der Waals surface area (Å²) in [5.41, 5.74) is 1.89. The van der Waals surface area contributed by atoms with Crippen molar-refractivity contribution in [2.45, 2.75) is 32.6 Å². The number of carboxylic acid groups (broad SMARTS) is 1. The van der Waals surface area contributed by atoms with Gasteiger partial charge in [-0.25, -0.2) is 0 Å². The van der Waals surface area contributed by atoms with Gasteiger partial charge in [-0.05, 0) is 29.7 Å². The summed E-state index contributed by atoms with van der Waals surface area (Å²) in [6.45, 7) is 3.26. The van der Waals surface area contributed by atoms with Gasteiger partial charge in [0, 0.05) is 12.5 Å².